The molecular weight excluding hydrogens is 430 g/mol. The van der Waals surface area contributed by atoms with E-state index >= 15 is 0 Å². The van der Waals surface area contributed by atoms with E-state index in [1.807, 2.05) is 85.7 Å². The molecule has 0 bridgehead atoms. The molecule has 2 aliphatic rings. The van der Waals surface area contributed by atoms with Crippen molar-refractivity contribution in [1.29, 1.82) is 0 Å². The van der Waals surface area contributed by atoms with Gasteiger partial charge in [0.15, 0.2) is 6.29 Å². The lowest BCUT2D eigenvalue weighted by molar-refractivity contribution is -0.131. The first-order valence-electron chi connectivity index (χ1n) is 11.5. The third-order valence-electron chi connectivity index (χ3n) is 6.47. The Bertz CT molecular complexity index is 1130. The minimum atomic E-state index is -0.570. The molecule has 3 unspecified atom stereocenters. The quantitative estimate of drug-likeness (QED) is 0.449. The second-order valence-corrected chi connectivity index (χ2v) is 8.84. The average Bonchev–Trinajstić information content (AvgIpc) is 3.41. The van der Waals surface area contributed by atoms with Crippen LogP contribution in [0.5, 0.6) is 0 Å². The molecule has 0 saturated carbocycles. The summed E-state index contributed by atoms with van der Waals surface area (Å²) in [5, 5.41) is 15.9. The first-order valence-corrected chi connectivity index (χ1v) is 11.5. The lowest BCUT2D eigenvalue weighted by atomic mass is 9.88. The largest absolute Gasteiger partial charge is 0.321 e. The van der Waals surface area contributed by atoms with E-state index in [0.717, 1.165) is 16.8 Å². The number of aromatic nitrogens is 2. The molecule has 0 radical (unpaired) electrons. The molecule has 3 heterocycles. The number of hydrogen-bond acceptors (Lipinski definition) is 6. The van der Waals surface area contributed by atoms with Crippen molar-refractivity contribution in [2.24, 2.45) is 5.92 Å². The van der Waals surface area contributed by atoms with E-state index in [1.54, 1.807) is 4.68 Å². The second kappa shape index (κ2) is 9.38. The van der Waals surface area contributed by atoms with Crippen LogP contribution in [-0.2, 0) is 9.59 Å². The normalized spacial score (nSPS) is 22.4. The topological polar surface area (TPSA) is 103 Å². The molecule has 2 aliphatic heterocycles. The van der Waals surface area contributed by atoms with Gasteiger partial charge in [-0.2, -0.15) is 5.10 Å². The molecule has 3 atom stereocenters. The molecule has 0 aliphatic carbocycles. The summed E-state index contributed by atoms with van der Waals surface area (Å²) in [6, 6.07) is 21.9. The van der Waals surface area contributed by atoms with Crippen LogP contribution in [0, 0.1) is 12.8 Å². The Balaban J connectivity index is 1.36. The van der Waals surface area contributed by atoms with Crippen molar-refractivity contribution in [2.45, 2.75) is 31.7 Å². The van der Waals surface area contributed by atoms with E-state index in [9.17, 15) is 9.59 Å². The van der Waals surface area contributed by atoms with Gasteiger partial charge in [-0.3, -0.25) is 20.3 Å². The summed E-state index contributed by atoms with van der Waals surface area (Å²) in [4.78, 5) is 25.9. The Labute approximate surface area is 198 Å². The van der Waals surface area contributed by atoms with Crippen LogP contribution in [0.1, 0.15) is 35.4 Å². The van der Waals surface area contributed by atoms with E-state index in [4.69, 9.17) is 0 Å². The van der Waals surface area contributed by atoms with Gasteiger partial charge in [-0.15, -0.1) is 0 Å². The fourth-order valence-electron chi connectivity index (χ4n) is 4.75. The van der Waals surface area contributed by atoms with Gasteiger partial charge in [0.1, 0.15) is 5.82 Å². The highest BCUT2D eigenvalue weighted by molar-refractivity contribution is 5.91. The summed E-state index contributed by atoms with van der Waals surface area (Å²) in [6.45, 7) is 2.44. The highest BCUT2D eigenvalue weighted by Gasteiger charge is 2.43. The van der Waals surface area contributed by atoms with Gasteiger partial charge in [0.25, 0.3) is 0 Å². The van der Waals surface area contributed by atoms with Crippen molar-refractivity contribution < 1.29 is 9.59 Å². The van der Waals surface area contributed by atoms with Gasteiger partial charge < -0.3 is 10.6 Å². The summed E-state index contributed by atoms with van der Waals surface area (Å²) >= 11 is 0. The summed E-state index contributed by atoms with van der Waals surface area (Å²) in [5.41, 5.74) is 6.09. The Morgan fingerprint density at radius 3 is 2.41 bits per heavy atom. The van der Waals surface area contributed by atoms with Crippen LogP contribution in [0.4, 0.5) is 5.82 Å². The van der Waals surface area contributed by atoms with E-state index < -0.39 is 6.29 Å². The SMILES string of the molecule is Cc1cc(NC(=O)CC(c2ccccc2)c2ccccc2)n(C2NC(=O)C3CNN(C)C3N2)n1. The first kappa shape index (κ1) is 22.3. The third-order valence-corrected chi connectivity index (χ3v) is 6.47. The number of hydrazine groups is 1. The van der Waals surface area contributed by atoms with E-state index in [0.29, 0.717) is 12.4 Å². The molecule has 0 spiro atoms. The van der Waals surface area contributed by atoms with Crippen LogP contribution in [-0.4, -0.2) is 46.4 Å². The number of nitrogens with zero attached hydrogens (tertiary/aromatic N) is 3. The number of carbonyl (C=O) groups is 2. The Morgan fingerprint density at radius 2 is 1.76 bits per heavy atom. The summed E-state index contributed by atoms with van der Waals surface area (Å²) in [5.74, 6) is 0.0924. The molecule has 9 heteroatoms. The number of amides is 2. The zero-order chi connectivity index (χ0) is 23.7. The third kappa shape index (κ3) is 4.45. The number of fused-ring (bicyclic) bond motifs is 1. The molecule has 4 N–H and O–H groups in total. The van der Waals surface area contributed by atoms with Gasteiger partial charge in [0.2, 0.25) is 11.8 Å². The van der Waals surface area contributed by atoms with E-state index in [-0.39, 0.29) is 36.2 Å². The van der Waals surface area contributed by atoms with Crippen molar-refractivity contribution in [2.75, 3.05) is 18.9 Å². The molecule has 1 aromatic heterocycles. The maximum Gasteiger partial charge on any atom is 0.230 e. The van der Waals surface area contributed by atoms with Gasteiger partial charge in [0, 0.05) is 32.0 Å². The van der Waals surface area contributed by atoms with Gasteiger partial charge >= 0.3 is 0 Å². The minimum absolute atomic E-state index is 0.0516. The number of anilines is 1. The molecule has 2 amide bonds. The standard InChI is InChI=1S/C25H29N7O2/c1-16-13-21(32(30-16)25-28-23-20(24(34)29-25)15-26-31(23)2)27-22(33)14-19(17-9-5-3-6-10-17)18-11-7-4-8-12-18/h3-13,19-20,23,25-26,28H,14-15H2,1-2H3,(H,27,33)(H,29,34). The van der Waals surface area contributed by atoms with Gasteiger partial charge in [-0.25, -0.2) is 9.69 Å². The molecule has 176 valence electrons. The predicted molar refractivity (Wildman–Crippen MR) is 128 cm³/mol. The van der Waals surface area contributed by atoms with Crippen molar-refractivity contribution >= 4 is 17.6 Å². The van der Waals surface area contributed by atoms with Crippen molar-refractivity contribution in [1.82, 2.24) is 30.8 Å². The van der Waals surface area contributed by atoms with Crippen LogP contribution in [0.3, 0.4) is 0 Å². The molecule has 9 nitrogen and oxygen atoms in total. The zero-order valence-corrected chi connectivity index (χ0v) is 19.2. The fraction of sp³-hybridized carbons (Fsp3) is 0.320. The molecule has 3 aromatic rings. The lowest BCUT2D eigenvalue weighted by Crippen LogP contribution is -2.61. The highest BCUT2D eigenvalue weighted by Crippen LogP contribution is 2.29. The van der Waals surface area contributed by atoms with E-state index in [2.05, 4.69) is 26.5 Å². The number of rotatable bonds is 6. The number of hydrogen-bond donors (Lipinski definition) is 4. The van der Waals surface area contributed by atoms with Crippen LogP contribution >= 0.6 is 0 Å². The molecule has 2 saturated heterocycles. The second-order valence-electron chi connectivity index (χ2n) is 8.84. The van der Waals surface area contributed by atoms with Gasteiger partial charge in [0.05, 0.1) is 17.8 Å². The number of benzene rings is 2. The zero-order valence-electron chi connectivity index (χ0n) is 19.2. The first-order chi connectivity index (χ1) is 16.5. The van der Waals surface area contributed by atoms with Crippen LogP contribution in [0.2, 0.25) is 0 Å². The molecule has 5 rings (SSSR count). The Kier molecular flexibility index (Phi) is 6.14. The molecule has 2 aromatic carbocycles. The maximum absolute atomic E-state index is 13.2. The summed E-state index contributed by atoms with van der Waals surface area (Å²) in [6.07, 6.45) is -0.452. The smallest absolute Gasteiger partial charge is 0.230 e. The Hall–Kier alpha value is -3.53. The van der Waals surface area contributed by atoms with Crippen molar-refractivity contribution in [3.8, 4) is 0 Å². The average molecular weight is 460 g/mol. The van der Waals surface area contributed by atoms with Crippen LogP contribution in [0.25, 0.3) is 0 Å². The maximum atomic E-state index is 13.2. The monoisotopic (exact) mass is 459 g/mol. The molecule has 34 heavy (non-hydrogen) atoms. The molecular formula is C25H29N7O2. The lowest BCUT2D eigenvalue weighted by Gasteiger charge is -2.35. The van der Waals surface area contributed by atoms with Crippen LogP contribution < -0.4 is 21.4 Å². The molecule has 2 fully saturated rings. The van der Waals surface area contributed by atoms with E-state index in [1.165, 1.54) is 0 Å². The van der Waals surface area contributed by atoms with Crippen LogP contribution in [0.15, 0.2) is 66.7 Å². The van der Waals surface area contributed by atoms with Crippen molar-refractivity contribution in [3.05, 3.63) is 83.6 Å². The van der Waals surface area contributed by atoms with Gasteiger partial charge in [-0.1, -0.05) is 60.7 Å². The minimum Gasteiger partial charge on any atom is -0.321 e. The Morgan fingerprint density at radius 1 is 1.12 bits per heavy atom. The number of carbonyl (C=O) groups excluding carboxylic acids is 2. The summed E-state index contributed by atoms with van der Waals surface area (Å²) in [7, 11) is 1.90. The highest BCUT2D eigenvalue weighted by atomic mass is 16.2. The number of aryl methyl sites for hydroxylation is 1. The predicted octanol–water partition coefficient (Wildman–Crippen LogP) is 1.92. The number of nitrogens with one attached hydrogen (secondary N) is 4. The summed E-state index contributed by atoms with van der Waals surface area (Å²) < 4.78 is 1.63. The van der Waals surface area contributed by atoms with Crippen molar-refractivity contribution in [3.63, 3.8) is 0 Å². The fourth-order valence-corrected chi connectivity index (χ4v) is 4.75. The van der Waals surface area contributed by atoms with Gasteiger partial charge in [-0.05, 0) is 18.1 Å².